The highest BCUT2D eigenvalue weighted by molar-refractivity contribution is 5.48. The molecule has 80 valence electrons. The van der Waals surface area contributed by atoms with Crippen molar-refractivity contribution in [3.63, 3.8) is 0 Å². The van der Waals surface area contributed by atoms with Gasteiger partial charge in [0, 0.05) is 6.42 Å². The third-order valence-corrected chi connectivity index (χ3v) is 2.00. The van der Waals surface area contributed by atoms with Gasteiger partial charge in [-0.25, -0.2) is 0 Å². The summed E-state index contributed by atoms with van der Waals surface area (Å²) in [6, 6.07) is 0. The molecule has 0 aliphatic heterocycles. The fourth-order valence-electron chi connectivity index (χ4n) is 1.19. The van der Waals surface area contributed by atoms with Crippen LogP contribution in [0.15, 0.2) is 0 Å². The van der Waals surface area contributed by atoms with E-state index in [1.807, 2.05) is 0 Å². The Hall–Kier alpha value is -0.410. The summed E-state index contributed by atoms with van der Waals surface area (Å²) >= 11 is 0. The largest absolute Gasteiger partial charge is 0.393 e. The average molecular weight is 189 g/mol. The number of carbonyl (C=O) groups excluding carboxylic acids is 1. The number of aldehydes is 1. The second-order valence-electron chi connectivity index (χ2n) is 3.25. The van der Waals surface area contributed by atoms with Gasteiger partial charge in [-0.05, 0) is 19.3 Å². The van der Waals surface area contributed by atoms with Gasteiger partial charge in [-0.15, -0.1) is 0 Å². The van der Waals surface area contributed by atoms with Crippen LogP contribution < -0.4 is 6.15 Å². The quantitative estimate of drug-likeness (QED) is 0.529. The zero-order valence-corrected chi connectivity index (χ0v) is 8.67. The van der Waals surface area contributed by atoms with Crippen LogP contribution in [0.25, 0.3) is 0 Å². The number of aliphatic hydroxyl groups is 1. The van der Waals surface area contributed by atoms with Crippen LogP contribution in [0, 0.1) is 0 Å². The third-order valence-electron chi connectivity index (χ3n) is 2.00. The molecule has 0 amide bonds. The second-order valence-corrected chi connectivity index (χ2v) is 3.25. The zero-order valence-electron chi connectivity index (χ0n) is 8.67. The summed E-state index contributed by atoms with van der Waals surface area (Å²) in [6.45, 7) is 2.07. The molecule has 0 aromatic heterocycles. The summed E-state index contributed by atoms with van der Waals surface area (Å²) in [5.41, 5.74) is 0. The Morgan fingerprint density at radius 2 is 1.92 bits per heavy atom. The molecule has 0 bridgehead atoms. The van der Waals surface area contributed by atoms with Crippen molar-refractivity contribution in [1.82, 2.24) is 6.15 Å². The molecule has 0 aromatic rings. The standard InChI is InChI=1S/2C5H10O.H3N/c6-5-3-1-2-4-5;1-2-3-4-5-6;/h5-6H,1-4H2;5H,2-4H2,1H3;1H3. The summed E-state index contributed by atoms with van der Waals surface area (Å²) < 4.78 is 0. The van der Waals surface area contributed by atoms with Crippen LogP contribution in [0.2, 0.25) is 0 Å². The number of hydrogen-bond donors (Lipinski definition) is 2. The van der Waals surface area contributed by atoms with E-state index in [-0.39, 0.29) is 12.3 Å². The maximum absolute atomic E-state index is 9.56. The van der Waals surface area contributed by atoms with Crippen LogP contribution in [0.5, 0.6) is 0 Å². The van der Waals surface area contributed by atoms with E-state index in [1.54, 1.807) is 0 Å². The van der Waals surface area contributed by atoms with Crippen molar-refractivity contribution in [2.75, 3.05) is 0 Å². The minimum absolute atomic E-state index is 0. The molecule has 3 heteroatoms. The van der Waals surface area contributed by atoms with Gasteiger partial charge in [0.2, 0.25) is 0 Å². The van der Waals surface area contributed by atoms with E-state index >= 15 is 0 Å². The van der Waals surface area contributed by atoms with Gasteiger partial charge in [0.1, 0.15) is 6.29 Å². The van der Waals surface area contributed by atoms with Gasteiger partial charge in [0.25, 0.3) is 0 Å². The zero-order chi connectivity index (χ0) is 9.23. The fraction of sp³-hybridized carbons (Fsp3) is 0.900. The van der Waals surface area contributed by atoms with Gasteiger partial charge < -0.3 is 16.1 Å². The molecule has 1 fully saturated rings. The summed E-state index contributed by atoms with van der Waals surface area (Å²) in [6.07, 6.45) is 8.47. The van der Waals surface area contributed by atoms with E-state index in [4.69, 9.17) is 5.11 Å². The molecule has 1 aliphatic carbocycles. The van der Waals surface area contributed by atoms with E-state index in [9.17, 15) is 4.79 Å². The Balaban J connectivity index is 0. The third kappa shape index (κ3) is 11.6. The lowest BCUT2D eigenvalue weighted by Crippen LogP contribution is -1.94. The van der Waals surface area contributed by atoms with E-state index in [1.165, 1.54) is 12.8 Å². The molecule has 0 atom stereocenters. The first-order valence-electron chi connectivity index (χ1n) is 4.93. The van der Waals surface area contributed by atoms with Crippen molar-refractivity contribution in [2.24, 2.45) is 0 Å². The summed E-state index contributed by atoms with van der Waals surface area (Å²) in [5, 5.41) is 8.73. The summed E-state index contributed by atoms with van der Waals surface area (Å²) in [7, 11) is 0. The van der Waals surface area contributed by atoms with E-state index < -0.39 is 0 Å². The van der Waals surface area contributed by atoms with E-state index in [0.717, 1.165) is 38.4 Å². The Kier molecular flexibility index (Phi) is 13.4. The maximum Gasteiger partial charge on any atom is 0.119 e. The molecule has 1 rings (SSSR count). The Morgan fingerprint density at radius 1 is 1.38 bits per heavy atom. The SMILES string of the molecule is CCCCC=O.N.OC1CCCC1. The average Bonchev–Trinajstić information content (AvgIpc) is 2.53. The smallest absolute Gasteiger partial charge is 0.119 e. The summed E-state index contributed by atoms with van der Waals surface area (Å²) in [4.78, 5) is 9.56. The van der Waals surface area contributed by atoms with E-state index in [0.29, 0.717) is 0 Å². The Labute approximate surface area is 81.1 Å². The Bertz CT molecular complexity index is 101. The van der Waals surface area contributed by atoms with Gasteiger partial charge in [0.05, 0.1) is 6.10 Å². The van der Waals surface area contributed by atoms with Gasteiger partial charge in [-0.3, -0.25) is 0 Å². The van der Waals surface area contributed by atoms with Gasteiger partial charge in [-0.2, -0.15) is 0 Å². The molecule has 0 radical (unpaired) electrons. The number of carbonyl (C=O) groups is 1. The van der Waals surface area contributed by atoms with Crippen LogP contribution in [0.3, 0.4) is 0 Å². The molecule has 1 aliphatic rings. The molecule has 0 aromatic carbocycles. The molecule has 4 N–H and O–H groups in total. The highest BCUT2D eigenvalue weighted by Gasteiger charge is 2.09. The minimum Gasteiger partial charge on any atom is -0.393 e. The predicted octanol–water partition coefficient (Wildman–Crippen LogP) is 2.46. The van der Waals surface area contributed by atoms with Crippen molar-refractivity contribution in [3.05, 3.63) is 0 Å². The maximum atomic E-state index is 9.56. The van der Waals surface area contributed by atoms with Crippen molar-refractivity contribution in [1.29, 1.82) is 0 Å². The molecular weight excluding hydrogens is 166 g/mol. The van der Waals surface area contributed by atoms with Crippen LogP contribution >= 0.6 is 0 Å². The second kappa shape index (κ2) is 11.6. The molecule has 0 saturated heterocycles. The first-order valence-corrected chi connectivity index (χ1v) is 4.93. The number of unbranched alkanes of at least 4 members (excludes halogenated alkanes) is 2. The minimum atomic E-state index is 0. The number of hydrogen-bond acceptors (Lipinski definition) is 3. The van der Waals surface area contributed by atoms with Gasteiger partial charge in [0.15, 0.2) is 0 Å². The van der Waals surface area contributed by atoms with Crippen LogP contribution in [0.4, 0.5) is 0 Å². The first kappa shape index (κ1) is 15.1. The molecule has 0 heterocycles. The topological polar surface area (TPSA) is 72.3 Å². The van der Waals surface area contributed by atoms with Crippen molar-refractivity contribution in [2.45, 2.75) is 58.0 Å². The van der Waals surface area contributed by atoms with E-state index in [2.05, 4.69) is 6.92 Å². The highest BCUT2D eigenvalue weighted by Crippen LogP contribution is 2.16. The number of aliphatic hydroxyl groups excluding tert-OH is 1. The van der Waals surface area contributed by atoms with Crippen molar-refractivity contribution in [3.8, 4) is 0 Å². The lowest BCUT2D eigenvalue weighted by Gasteiger charge is -1.91. The van der Waals surface area contributed by atoms with Crippen molar-refractivity contribution < 1.29 is 9.90 Å². The highest BCUT2D eigenvalue weighted by atomic mass is 16.3. The lowest BCUT2D eigenvalue weighted by molar-refractivity contribution is -0.107. The molecule has 0 spiro atoms. The molecule has 13 heavy (non-hydrogen) atoms. The fourth-order valence-corrected chi connectivity index (χ4v) is 1.19. The lowest BCUT2D eigenvalue weighted by atomic mass is 10.3. The summed E-state index contributed by atoms with van der Waals surface area (Å²) in [5.74, 6) is 0. The molecular formula is C10H23NO2. The predicted molar refractivity (Wildman–Crippen MR) is 55.1 cm³/mol. The normalized spacial score (nSPS) is 15.5. The van der Waals surface area contributed by atoms with Crippen molar-refractivity contribution >= 4 is 6.29 Å². The van der Waals surface area contributed by atoms with Gasteiger partial charge in [-0.1, -0.05) is 26.2 Å². The molecule has 1 saturated carbocycles. The first-order chi connectivity index (χ1) is 5.81. The Morgan fingerprint density at radius 3 is 2.08 bits per heavy atom. The van der Waals surface area contributed by atoms with Crippen LogP contribution in [-0.2, 0) is 4.79 Å². The van der Waals surface area contributed by atoms with Crippen LogP contribution in [0.1, 0.15) is 51.9 Å². The number of rotatable bonds is 3. The molecule has 0 unspecified atom stereocenters. The van der Waals surface area contributed by atoms with Gasteiger partial charge >= 0.3 is 0 Å². The van der Waals surface area contributed by atoms with Crippen LogP contribution in [-0.4, -0.2) is 17.5 Å². The monoisotopic (exact) mass is 189 g/mol. The molecule has 3 nitrogen and oxygen atoms in total.